The molecular weight excluding hydrogens is 446 g/mol. The Bertz CT molecular complexity index is 1190. The minimum absolute atomic E-state index is 0.0232. The fourth-order valence-corrected chi connectivity index (χ4v) is 4.92. The van der Waals surface area contributed by atoms with Gasteiger partial charge in [0, 0.05) is 29.3 Å². The number of aromatic hydroxyl groups is 1. The van der Waals surface area contributed by atoms with Crippen LogP contribution in [0.15, 0.2) is 65.0 Å². The monoisotopic (exact) mass is 477 g/mol. The second-order valence-corrected chi connectivity index (χ2v) is 8.86. The van der Waals surface area contributed by atoms with Crippen molar-refractivity contribution in [3.63, 3.8) is 0 Å². The molecule has 2 aromatic rings. The van der Waals surface area contributed by atoms with E-state index >= 15 is 0 Å². The third kappa shape index (κ3) is 4.76. The molecule has 1 aliphatic carbocycles. The van der Waals surface area contributed by atoms with Crippen LogP contribution in [0.1, 0.15) is 56.1 Å². The molecule has 2 aromatic carbocycles. The van der Waals surface area contributed by atoms with Crippen molar-refractivity contribution in [2.45, 2.75) is 44.9 Å². The Hall–Kier alpha value is -3.74. The van der Waals surface area contributed by atoms with Crippen molar-refractivity contribution in [1.82, 2.24) is 5.32 Å². The maximum Gasteiger partial charge on any atom is 0.336 e. The maximum absolute atomic E-state index is 13.7. The zero-order valence-corrected chi connectivity index (χ0v) is 20.5. The smallest absolute Gasteiger partial charge is 0.336 e. The molecule has 2 N–H and O–H groups in total. The first-order chi connectivity index (χ1) is 16.9. The minimum atomic E-state index is -0.560. The van der Waals surface area contributed by atoms with Gasteiger partial charge in [-0.15, -0.1) is 0 Å². The molecule has 0 radical (unpaired) electrons. The van der Waals surface area contributed by atoms with Gasteiger partial charge in [-0.25, -0.2) is 4.79 Å². The Morgan fingerprint density at radius 1 is 1.03 bits per heavy atom. The van der Waals surface area contributed by atoms with Gasteiger partial charge in [0.1, 0.15) is 5.75 Å². The predicted octanol–water partition coefficient (Wildman–Crippen LogP) is 4.72. The molecule has 0 bridgehead atoms. The van der Waals surface area contributed by atoms with Crippen LogP contribution >= 0.6 is 0 Å². The highest BCUT2D eigenvalue weighted by atomic mass is 16.5. The molecule has 0 saturated carbocycles. The molecule has 0 aromatic heterocycles. The molecule has 184 valence electrons. The Labute approximate surface area is 205 Å². The van der Waals surface area contributed by atoms with Gasteiger partial charge in [0.15, 0.2) is 17.3 Å². The second-order valence-electron chi connectivity index (χ2n) is 8.86. The van der Waals surface area contributed by atoms with Crippen LogP contribution in [-0.4, -0.2) is 37.7 Å². The van der Waals surface area contributed by atoms with E-state index in [9.17, 15) is 14.7 Å². The summed E-state index contributed by atoms with van der Waals surface area (Å²) in [6, 6.07) is 12.4. The lowest BCUT2D eigenvalue weighted by molar-refractivity contribution is -0.139. The van der Waals surface area contributed by atoms with Gasteiger partial charge in [-0.1, -0.05) is 25.1 Å². The van der Waals surface area contributed by atoms with Crippen molar-refractivity contribution in [2.24, 2.45) is 0 Å². The van der Waals surface area contributed by atoms with Gasteiger partial charge in [0.05, 0.1) is 26.4 Å². The largest absolute Gasteiger partial charge is 0.508 e. The van der Waals surface area contributed by atoms with E-state index in [-0.39, 0.29) is 17.5 Å². The average molecular weight is 478 g/mol. The lowest BCUT2D eigenvalue weighted by Gasteiger charge is -2.36. The Balaban J connectivity index is 1.75. The van der Waals surface area contributed by atoms with Crippen LogP contribution < -0.4 is 14.8 Å². The number of methoxy groups -OCH3 is 2. The van der Waals surface area contributed by atoms with Gasteiger partial charge < -0.3 is 24.6 Å². The number of Topliss-reactive ketones (excluding diaryl/α,β-unsaturated/α-hetero) is 1. The molecule has 1 heterocycles. The van der Waals surface area contributed by atoms with E-state index in [1.807, 2.05) is 32.0 Å². The fourth-order valence-electron chi connectivity index (χ4n) is 4.92. The third-order valence-electron chi connectivity index (χ3n) is 6.59. The standard InChI is InChI=1S/C28H31NO6/c1-5-12-35-28(32)25-16(2)29-21-13-19(18-8-11-23(33-3)24(15-18)34-4)14-22(31)27(21)26(25)17-6-9-20(30)10-7-17/h6-11,15,19,26,29-30H,5,12-14H2,1-4H3/t19-,26+/m0/s1. The Morgan fingerprint density at radius 3 is 2.37 bits per heavy atom. The summed E-state index contributed by atoms with van der Waals surface area (Å²) in [7, 11) is 3.18. The number of rotatable bonds is 7. The number of phenols is 1. The zero-order chi connectivity index (χ0) is 25.1. The molecule has 0 amide bonds. The molecule has 35 heavy (non-hydrogen) atoms. The number of carbonyl (C=O) groups is 2. The fraction of sp³-hybridized carbons (Fsp3) is 0.357. The van der Waals surface area contributed by atoms with Gasteiger partial charge in [-0.2, -0.15) is 0 Å². The zero-order valence-electron chi connectivity index (χ0n) is 20.5. The van der Waals surface area contributed by atoms with Gasteiger partial charge in [0.2, 0.25) is 0 Å². The molecule has 1 aliphatic heterocycles. The van der Waals surface area contributed by atoms with E-state index < -0.39 is 11.9 Å². The summed E-state index contributed by atoms with van der Waals surface area (Å²) in [6.45, 7) is 4.08. The molecule has 7 heteroatoms. The lowest BCUT2D eigenvalue weighted by Crippen LogP contribution is -2.36. The Kier molecular flexibility index (Phi) is 7.15. The van der Waals surface area contributed by atoms with E-state index in [2.05, 4.69) is 5.32 Å². The number of ether oxygens (including phenoxy) is 3. The number of nitrogens with one attached hydrogen (secondary N) is 1. The minimum Gasteiger partial charge on any atom is -0.508 e. The first kappa shape index (κ1) is 24.4. The van der Waals surface area contributed by atoms with Crippen LogP contribution in [0.4, 0.5) is 0 Å². The highest BCUT2D eigenvalue weighted by Crippen LogP contribution is 2.46. The predicted molar refractivity (Wildman–Crippen MR) is 131 cm³/mol. The van der Waals surface area contributed by atoms with Crippen LogP contribution in [0.2, 0.25) is 0 Å². The van der Waals surface area contributed by atoms with Crippen LogP contribution in [0.3, 0.4) is 0 Å². The van der Waals surface area contributed by atoms with Gasteiger partial charge in [-0.3, -0.25) is 4.79 Å². The number of allylic oxidation sites excluding steroid dienone is 3. The molecule has 2 atom stereocenters. The first-order valence-corrected chi connectivity index (χ1v) is 11.8. The molecule has 0 saturated heterocycles. The van der Waals surface area contributed by atoms with Crippen molar-refractivity contribution in [2.75, 3.05) is 20.8 Å². The summed E-state index contributed by atoms with van der Waals surface area (Å²) in [6.07, 6.45) is 1.62. The summed E-state index contributed by atoms with van der Waals surface area (Å²) >= 11 is 0. The average Bonchev–Trinajstić information content (AvgIpc) is 2.86. The van der Waals surface area contributed by atoms with Gasteiger partial charge in [0.25, 0.3) is 0 Å². The summed E-state index contributed by atoms with van der Waals surface area (Å²) in [5, 5.41) is 13.2. The number of ketones is 1. The normalized spacial score (nSPS) is 19.7. The third-order valence-corrected chi connectivity index (χ3v) is 6.59. The molecule has 0 unspecified atom stereocenters. The highest BCUT2D eigenvalue weighted by molar-refractivity contribution is 6.04. The highest BCUT2D eigenvalue weighted by Gasteiger charge is 2.41. The maximum atomic E-state index is 13.7. The summed E-state index contributed by atoms with van der Waals surface area (Å²) in [5.41, 5.74) is 4.24. The van der Waals surface area contributed by atoms with Crippen LogP contribution in [-0.2, 0) is 14.3 Å². The number of dihydropyridines is 1. The van der Waals surface area contributed by atoms with E-state index in [4.69, 9.17) is 14.2 Å². The van der Waals surface area contributed by atoms with Crippen molar-refractivity contribution in [3.8, 4) is 17.2 Å². The SMILES string of the molecule is CCCOC(=O)C1=C(C)NC2=C(C(=O)C[C@@H](c3ccc(OC)c(OC)c3)C2)[C@@H]1c1ccc(O)cc1. The molecule has 0 spiro atoms. The number of benzene rings is 2. The second kappa shape index (κ2) is 10.3. The lowest BCUT2D eigenvalue weighted by atomic mass is 9.71. The summed E-state index contributed by atoms with van der Waals surface area (Å²) in [5.74, 6) is 0.311. The van der Waals surface area contributed by atoms with E-state index in [1.165, 1.54) is 0 Å². The van der Waals surface area contributed by atoms with Crippen molar-refractivity contribution in [1.29, 1.82) is 0 Å². The number of carbonyl (C=O) groups excluding carboxylic acids is 2. The van der Waals surface area contributed by atoms with E-state index in [0.717, 1.165) is 16.8 Å². The topological polar surface area (TPSA) is 94.1 Å². The van der Waals surface area contributed by atoms with Gasteiger partial charge in [-0.05, 0) is 61.1 Å². The number of hydrogen-bond acceptors (Lipinski definition) is 7. The van der Waals surface area contributed by atoms with Crippen molar-refractivity contribution in [3.05, 3.63) is 76.1 Å². The van der Waals surface area contributed by atoms with Crippen LogP contribution in [0.25, 0.3) is 0 Å². The quantitative estimate of drug-likeness (QED) is 0.557. The molecule has 7 nitrogen and oxygen atoms in total. The first-order valence-electron chi connectivity index (χ1n) is 11.8. The molecule has 2 aliphatic rings. The number of hydrogen-bond donors (Lipinski definition) is 2. The number of esters is 1. The van der Waals surface area contributed by atoms with E-state index in [1.54, 1.807) is 38.5 Å². The molecular formula is C28H31NO6. The van der Waals surface area contributed by atoms with Gasteiger partial charge >= 0.3 is 5.97 Å². The van der Waals surface area contributed by atoms with Crippen LogP contribution in [0, 0.1) is 0 Å². The molecule has 0 fully saturated rings. The Morgan fingerprint density at radius 2 is 1.71 bits per heavy atom. The summed E-state index contributed by atoms with van der Waals surface area (Å²) in [4.78, 5) is 26.7. The van der Waals surface area contributed by atoms with Crippen LogP contribution in [0.5, 0.6) is 17.2 Å². The summed E-state index contributed by atoms with van der Waals surface area (Å²) < 4.78 is 16.3. The van der Waals surface area contributed by atoms with Crippen molar-refractivity contribution < 1.29 is 28.9 Å². The van der Waals surface area contributed by atoms with E-state index in [0.29, 0.717) is 54.2 Å². The molecule has 4 rings (SSSR count). The van der Waals surface area contributed by atoms with Crippen molar-refractivity contribution >= 4 is 11.8 Å². The number of phenolic OH excluding ortho intramolecular Hbond substituents is 1.